The van der Waals surface area contributed by atoms with E-state index in [1.54, 1.807) is 10.5 Å². The topological polar surface area (TPSA) is 38.3 Å². The molecule has 0 unspecified atom stereocenters. The van der Waals surface area contributed by atoms with Gasteiger partial charge in [-0.3, -0.25) is 0 Å². The van der Waals surface area contributed by atoms with Gasteiger partial charge in [0.15, 0.2) is 0 Å². The lowest BCUT2D eigenvalue weighted by Crippen LogP contribution is -3.28. The van der Waals surface area contributed by atoms with Crippen molar-refractivity contribution in [2.75, 3.05) is 45.9 Å². The summed E-state index contributed by atoms with van der Waals surface area (Å²) in [6, 6.07) is 8.95. The number of rotatable bonds is 7. The summed E-state index contributed by atoms with van der Waals surface area (Å²) in [7, 11) is 0. The molecular formula is C25H40N2O2+2. The average Bonchev–Trinajstić information content (AvgIpc) is 2.72. The summed E-state index contributed by atoms with van der Waals surface area (Å²) in [5, 5.41) is 10.4. The molecule has 5 fully saturated rings. The average molecular weight is 401 g/mol. The molecule has 29 heavy (non-hydrogen) atoms. The summed E-state index contributed by atoms with van der Waals surface area (Å²) in [6.45, 7) is 9.49. The van der Waals surface area contributed by atoms with E-state index in [0.717, 1.165) is 30.0 Å². The van der Waals surface area contributed by atoms with Crippen molar-refractivity contribution in [2.45, 2.75) is 57.0 Å². The lowest BCUT2D eigenvalue weighted by atomic mass is 9.48. The van der Waals surface area contributed by atoms with E-state index >= 15 is 0 Å². The highest BCUT2D eigenvalue weighted by molar-refractivity contribution is 5.34. The molecule has 3 N–H and O–H groups in total. The largest absolute Gasteiger partial charge is 0.491 e. The number of piperazine rings is 1. The molecule has 1 aromatic carbocycles. The minimum absolute atomic E-state index is 0.379. The van der Waals surface area contributed by atoms with Crippen LogP contribution in [-0.2, 0) is 5.41 Å². The van der Waals surface area contributed by atoms with Crippen LogP contribution in [0.1, 0.15) is 51.0 Å². The van der Waals surface area contributed by atoms with Crippen LogP contribution in [0.5, 0.6) is 5.75 Å². The molecule has 1 aromatic rings. The third-order valence-corrected chi connectivity index (χ3v) is 8.64. The SMILES string of the molecule is CC[NH+]1CC[NH+](C[C@H](O)COc2ccc(C34CC5CC(CC(C5)C3)C4)cc2)CC1. The molecule has 5 aliphatic rings. The zero-order valence-electron chi connectivity index (χ0n) is 18.2. The Hall–Kier alpha value is -1.10. The minimum atomic E-state index is -0.379. The number of ether oxygens (including phenoxy) is 1. The summed E-state index contributed by atoms with van der Waals surface area (Å²) in [5.74, 6) is 3.86. The third-order valence-electron chi connectivity index (χ3n) is 8.64. The molecule has 0 spiro atoms. The van der Waals surface area contributed by atoms with Crippen molar-refractivity contribution >= 4 is 0 Å². The molecule has 4 nitrogen and oxygen atoms in total. The maximum atomic E-state index is 10.4. The number of benzene rings is 1. The lowest BCUT2D eigenvalue weighted by Gasteiger charge is -2.57. The molecule has 1 heterocycles. The van der Waals surface area contributed by atoms with Crippen molar-refractivity contribution in [2.24, 2.45) is 17.8 Å². The van der Waals surface area contributed by atoms with Crippen molar-refractivity contribution in [3.05, 3.63) is 29.8 Å². The molecule has 1 saturated heterocycles. The normalized spacial score (nSPS) is 39.4. The van der Waals surface area contributed by atoms with Gasteiger partial charge in [0, 0.05) is 0 Å². The molecular weight excluding hydrogens is 360 g/mol. The van der Waals surface area contributed by atoms with Crippen LogP contribution in [0, 0.1) is 17.8 Å². The van der Waals surface area contributed by atoms with Crippen molar-refractivity contribution in [1.82, 2.24) is 0 Å². The van der Waals surface area contributed by atoms with Crippen LogP contribution in [-0.4, -0.2) is 57.1 Å². The van der Waals surface area contributed by atoms with Gasteiger partial charge >= 0.3 is 0 Å². The first-order valence-electron chi connectivity index (χ1n) is 12.2. The fourth-order valence-corrected chi connectivity index (χ4v) is 7.47. The van der Waals surface area contributed by atoms with Crippen LogP contribution >= 0.6 is 0 Å². The van der Waals surface area contributed by atoms with Crippen LogP contribution in [0.25, 0.3) is 0 Å². The molecule has 0 amide bonds. The second kappa shape index (κ2) is 8.20. The van der Waals surface area contributed by atoms with Crippen LogP contribution in [0.2, 0.25) is 0 Å². The van der Waals surface area contributed by atoms with E-state index in [0.29, 0.717) is 12.0 Å². The van der Waals surface area contributed by atoms with Gasteiger partial charge in [-0.05, 0) is 86.3 Å². The number of aliphatic hydroxyl groups is 1. The number of hydrogen-bond donors (Lipinski definition) is 3. The highest BCUT2D eigenvalue weighted by Gasteiger charge is 2.51. The van der Waals surface area contributed by atoms with Gasteiger partial charge in [-0.15, -0.1) is 0 Å². The zero-order chi connectivity index (χ0) is 19.8. The zero-order valence-corrected chi connectivity index (χ0v) is 18.2. The van der Waals surface area contributed by atoms with E-state index in [2.05, 4.69) is 31.2 Å². The lowest BCUT2D eigenvalue weighted by molar-refractivity contribution is -1.01. The fraction of sp³-hybridized carbons (Fsp3) is 0.760. The predicted octanol–water partition coefficient (Wildman–Crippen LogP) is 0.697. The molecule has 1 aliphatic heterocycles. The Morgan fingerprint density at radius 3 is 2.03 bits per heavy atom. The Bertz CT molecular complexity index is 645. The number of nitrogens with one attached hydrogen (secondary N) is 2. The molecule has 1 atom stereocenters. The van der Waals surface area contributed by atoms with Crippen LogP contribution < -0.4 is 14.5 Å². The van der Waals surface area contributed by atoms with Gasteiger partial charge in [-0.1, -0.05) is 12.1 Å². The van der Waals surface area contributed by atoms with Gasteiger partial charge < -0.3 is 19.6 Å². The first kappa shape index (κ1) is 19.8. The van der Waals surface area contributed by atoms with Crippen LogP contribution in [0.3, 0.4) is 0 Å². The Morgan fingerprint density at radius 2 is 1.48 bits per heavy atom. The Morgan fingerprint density at radius 1 is 0.931 bits per heavy atom. The highest BCUT2D eigenvalue weighted by Crippen LogP contribution is 2.60. The summed E-state index contributed by atoms with van der Waals surface area (Å²) in [5.41, 5.74) is 2.00. The summed E-state index contributed by atoms with van der Waals surface area (Å²) in [6.07, 6.45) is 8.34. The van der Waals surface area contributed by atoms with Gasteiger partial charge in [0.1, 0.15) is 51.2 Å². The van der Waals surface area contributed by atoms with E-state index in [-0.39, 0.29) is 6.10 Å². The molecule has 6 rings (SSSR count). The maximum absolute atomic E-state index is 10.4. The van der Waals surface area contributed by atoms with Gasteiger partial charge in [-0.25, -0.2) is 0 Å². The fourth-order valence-electron chi connectivity index (χ4n) is 7.47. The maximum Gasteiger partial charge on any atom is 0.137 e. The molecule has 4 bridgehead atoms. The van der Waals surface area contributed by atoms with E-state index < -0.39 is 0 Å². The first-order valence-corrected chi connectivity index (χ1v) is 12.2. The minimum Gasteiger partial charge on any atom is -0.491 e. The number of likely N-dealkylation sites (N-methyl/N-ethyl adjacent to an activating group) is 1. The van der Waals surface area contributed by atoms with Gasteiger partial charge in [0.05, 0.1) is 6.54 Å². The van der Waals surface area contributed by atoms with E-state index in [1.807, 2.05) is 0 Å². The molecule has 4 saturated carbocycles. The monoisotopic (exact) mass is 400 g/mol. The molecule has 4 aliphatic carbocycles. The second-order valence-electron chi connectivity index (χ2n) is 10.7. The molecule has 0 aromatic heterocycles. The quantitative estimate of drug-likeness (QED) is 0.630. The van der Waals surface area contributed by atoms with Crippen molar-refractivity contribution in [3.63, 3.8) is 0 Å². The Balaban J connectivity index is 1.13. The number of aliphatic hydroxyl groups excluding tert-OH is 1. The highest BCUT2D eigenvalue weighted by atomic mass is 16.5. The smallest absolute Gasteiger partial charge is 0.137 e. The van der Waals surface area contributed by atoms with Crippen molar-refractivity contribution in [3.8, 4) is 5.75 Å². The van der Waals surface area contributed by atoms with Gasteiger partial charge in [0.2, 0.25) is 0 Å². The molecule has 160 valence electrons. The molecule has 4 heteroatoms. The van der Waals surface area contributed by atoms with E-state index in [1.165, 1.54) is 76.1 Å². The number of hydrogen-bond acceptors (Lipinski definition) is 2. The standard InChI is InChI=1S/C25H38N2O2/c1-2-26-7-9-27(10-8-26)17-23(28)18-29-24-5-3-22(4-6-24)25-14-19-11-20(15-25)13-21(12-19)16-25/h3-6,19-21,23,28H,2,7-18H2,1H3/p+2/t19?,20?,21?,23-,25?/m0/s1. The molecule has 0 radical (unpaired) electrons. The van der Waals surface area contributed by atoms with E-state index in [9.17, 15) is 5.11 Å². The Kier molecular flexibility index (Phi) is 5.61. The van der Waals surface area contributed by atoms with Crippen LogP contribution in [0.4, 0.5) is 0 Å². The predicted molar refractivity (Wildman–Crippen MR) is 115 cm³/mol. The van der Waals surface area contributed by atoms with Gasteiger partial charge in [0.25, 0.3) is 0 Å². The van der Waals surface area contributed by atoms with Crippen molar-refractivity contribution in [1.29, 1.82) is 0 Å². The number of quaternary nitrogens is 2. The summed E-state index contributed by atoms with van der Waals surface area (Å²) < 4.78 is 5.96. The van der Waals surface area contributed by atoms with Gasteiger partial charge in [-0.2, -0.15) is 0 Å². The second-order valence-corrected chi connectivity index (χ2v) is 10.7. The Labute approximate surface area is 176 Å². The third kappa shape index (κ3) is 4.22. The van der Waals surface area contributed by atoms with Crippen molar-refractivity contribution < 1.29 is 19.6 Å². The summed E-state index contributed by atoms with van der Waals surface area (Å²) >= 11 is 0. The summed E-state index contributed by atoms with van der Waals surface area (Å²) in [4.78, 5) is 3.22. The van der Waals surface area contributed by atoms with Crippen LogP contribution in [0.15, 0.2) is 24.3 Å². The van der Waals surface area contributed by atoms with E-state index in [4.69, 9.17) is 4.74 Å². The first-order chi connectivity index (χ1) is 14.1.